The summed E-state index contributed by atoms with van der Waals surface area (Å²) in [6, 6.07) is 15.2. The van der Waals surface area contributed by atoms with Crippen LogP contribution in [0.4, 0.5) is 0 Å². The van der Waals surface area contributed by atoms with Crippen LogP contribution in [0.1, 0.15) is 49.9 Å². The Morgan fingerprint density at radius 2 is 1.95 bits per heavy atom. The van der Waals surface area contributed by atoms with Crippen LogP contribution in [0.2, 0.25) is 0 Å². The van der Waals surface area contributed by atoms with Crippen LogP contribution in [0.25, 0.3) is 0 Å². The number of halogens is 1. The Morgan fingerprint density at radius 3 is 2.70 bits per heavy atom. The number of rotatable bonds is 8. The number of hydrogen-bond donors (Lipinski definition) is 3. The summed E-state index contributed by atoms with van der Waals surface area (Å²) in [7, 11) is 0. The van der Waals surface area contributed by atoms with Crippen molar-refractivity contribution < 1.29 is 19.4 Å². The highest BCUT2D eigenvalue weighted by Crippen LogP contribution is 2.31. The second-order valence-corrected chi connectivity index (χ2v) is 9.19. The third kappa shape index (κ3) is 5.77. The van der Waals surface area contributed by atoms with E-state index in [9.17, 15) is 14.7 Å². The minimum Gasteiger partial charge on any atom is -0.493 e. The standard InChI is InChI=1S/C28H30N4O4.ClH/c1-2-36-26-13-22-21(17-32(28(22)35)16-18-7-9-29-10-8-18)11-23(26)27(34)31-15-25(33)24-12-19-5-3-4-6-20(19)14-30-24;/h3-11,13,24-25,30,33H,2,12,14-17H2,1H3,(H,31,34);1H/t24-,25+;/m0./s1. The maximum absolute atomic E-state index is 13.2. The molecule has 2 atom stereocenters. The van der Waals surface area contributed by atoms with Crippen molar-refractivity contribution in [2.24, 2.45) is 0 Å². The highest BCUT2D eigenvalue weighted by Gasteiger charge is 2.31. The van der Waals surface area contributed by atoms with Crippen molar-refractivity contribution in [1.29, 1.82) is 0 Å². The Labute approximate surface area is 222 Å². The van der Waals surface area contributed by atoms with Gasteiger partial charge in [0.15, 0.2) is 0 Å². The van der Waals surface area contributed by atoms with Gasteiger partial charge in [-0.1, -0.05) is 24.3 Å². The SMILES string of the molecule is CCOc1cc2c(cc1C(=O)NC[C@@H](O)[C@@H]1Cc3ccccc3CN1)CN(Cc1ccncc1)C2=O.Cl. The topological polar surface area (TPSA) is 104 Å². The van der Waals surface area contributed by atoms with Gasteiger partial charge in [0.25, 0.3) is 11.8 Å². The van der Waals surface area contributed by atoms with Crippen LogP contribution in [0, 0.1) is 0 Å². The molecule has 0 fully saturated rings. The lowest BCUT2D eigenvalue weighted by Gasteiger charge is -2.30. The van der Waals surface area contributed by atoms with Gasteiger partial charge in [-0.3, -0.25) is 14.6 Å². The van der Waals surface area contributed by atoms with E-state index in [4.69, 9.17) is 4.74 Å². The molecule has 0 saturated heterocycles. The number of aliphatic hydroxyl groups excluding tert-OH is 1. The average molecular weight is 523 g/mol. The molecule has 0 radical (unpaired) electrons. The molecule has 3 aromatic rings. The molecular formula is C28H31ClN4O4. The van der Waals surface area contributed by atoms with E-state index in [1.807, 2.05) is 31.2 Å². The molecule has 3 N–H and O–H groups in total. The van der Waals surface area contributed by atoms with Crippen molar-refractivity contribution in [2.45, 2.75) is 45.1 Å². The molecule has 2 amide bonds. The summed E-state index contributed by atoms with van der Waals surface area (Å²) in [4.78, 5) is 32.0. The lowest BCUT2D eigenvalue weighted by molar-refractivity contribution is 0.0766. The van der Waals surface area contributed by atoms with E-state index in [0.717, 1.165) is 11.1 Å². The van der Waals surface area contributed by atoms with Gasteiger partial charge < -0.3 is 25.4 Å². The number of ether oxygens (including phenoxy) is 1. The number of hydrogen-bond acceptors (Lipinski definition) is 6. The Balaban J connectivity index is 0.00000320. The summed E-state index contributed by atoms with van der Waals surface area (Å²) < 4.78 is 5.73. The van der Waals surface area contributed by atoms with E-state index in [0.29, 0.717) is 49.5 Å². The zero-order chi connectivity index (χ0) is 25.1. The Bertz CT molecular complexity index is 1270. The van der Waals surface area contributed by atoms with Gasteiger partial charge in [0.1, 0.15) is 5.75 Å². The number of carbonyl (C=O) groups is 2. The molecule has 9 heteroatoms. The molecule has 2 aromatic carbocycles. The number of benzene rings is 2. The number of aromatic nitrogens is 1. The zero-order valence-electron chi connectivity index (χ0n) is 20.6. The molecular weight excluding hydrogens is 492 g/mol. The fourth-order valence-electron chi connectivity index (χ4n) is 4.88. The summed E-state index contributed by atoms with van der Waals surface area (Å²) >= 11 is 0. The smallest absolute Gasteiger partial charge is 0.255 e. The molecule has 0 saturated carbocycles. The minimum atomic E-state index is -0.746. The van der Waals surface area contributed by atoms with E-state index in [1.165, 1.54) is 11.1 Å². The monoisotopic (exact) mass is 522 g/mol. The van der Waals surface area contributed by atoms with Crippen LogP contribution < -0.4 is 15.4 Å². The van der Waals surface area contributed by atoms with Gasteiger partial charge in [-0.05, 0) is 59.9 Å². The van der Waals surface area contributed by atoms with Crippen LogP contribution in [0.5, 0.6) is 5.75 Å². The molecule has 1 aromatic heterocycles. The van der Waals surface area contributed by atoms with Crippen molar-refractivity contribution in [3.8, 4) is 5.75 Å². The van der Waals surface area contributed by atoms with Gasteiger partial charge in [0.05, 0.1) is 18.3 Å². The summed E-state index contributed by atoms with van der Waals surface area (Å²) in [5.41, 5.74) is 5.13. The van der Waals surface area contributed by atoms with Gasteiger partial charge in [-0.15, -0.1) is 12.4 Å². The Kier molecular flexibility index (Phi) is 8.43. The normalized spacial score (nSPS) is 16.9. The number of nitrogens with zero attached hydrogens (tertiary/aromatic N) is 2. The summed E-state index contributed by atoms with van der Waals surface area (Å²) in [6.07, 6.45) is 3.36. The van der Waals surface area contributed by atoms with Gasteiger partial charge in [0.2, 0.25) is 0 Å². The lowest BCUT2D eigenvalue weighted by Crippen LogP contribution is -2.49. The molecule has 2 aliphatic rings. The van der Waals surface area contributed by atoms with E-state index < -0.39 is 6.10 Å². The van der Waals surface area contributed by atoms with Crippen LogP contribution in [-0.4, -0.2) is 52.1 Å². The van der Waals surface area contributed by atoms with Gasteiger partial charge in [-0.25, -0.2) is 0 Å². The van der Waals surface area contributed by atoms with Gasteiger partial charge >= 0.3 is 0 Å². The Morgan fingerprint density at radius 1 is 1.19 bits per heavy atom. The first-order valence-electron chi connectivity index (χ1n) is 12.3. The predicted molar refractivity (Wildman–Crippen MR) is 142 cm³/mol. The zero-order valence-corrected chi connectivity index (χ0v) is 21.5. The molecule has 3 heterocycles. The second-order valence-electron chi connectivity index (χ2n) is 9.19. The van der Waals surface area contributed by atoms with Gasteiger partial charge in [-0.2, -0.15) is 0 Å². The largest absolute Gasteiger partial charge is 0.493 e. The van der Waals surface area contributed by atoms with Crippen molar-refractivity contribution in [3.63, 3.8) is 0 Å². The third-order valence-electron chi connectivity index (χ3n) is 6.80. The van der Waals surface area contributed by atoms with E-state index in [2.05, 4.69) is 27.8 Å². The van der Waals surface area contributed by atoms with E-state index >= 15 is 0 Å². The van der Waals surface area contributed by atoms with Crippen LogP contribution in [0.15, 0.2) is 60.9 Å². The average Bonchev–Trinajstić information content (AvgIpc) is 3.21. The maximum Gasteiger partial charge on any atom is 0.255 e. The van der Waals surface area contributed by atoms with Crippen molar-refractivity contribution in [3.05, 3.63) is 94.3 Å². The fraction of sp³-hybridized carbons (Fsp3) is 0.321. The number of nitrogens with one attached hydrogen (secondary N) is 2. The first-order valence-corrected chi connectivity index (χ1v) is 12.3. The predicted octanol–water partition coefficient (Wildman–Crippen LogP) is 2.86. The van der Waals surface area contributed by atoms with Gasteiger partial charge in [0, 0.05) is 50.2 Å². The second kappa shape index (κ2) is 11.7. The number of fused-ring (bicyclic) bond motifs is 2. The number of amides is 2. The summed E-state index contributed by atoms with van der Waals surface area (Å²) in [5.74, 6) is -0.0580. The minimum absolute atomic E-state index is 0. The molecule has 0 bridgehead atoms. The van der Waals surface area contributed by atoms with Crippen LogP contribution >= 0.6 is 12.4 Å². The summed E-state index contributed by atoms with van der Waals surface area (Å²) in [5, 5.41) is 17.0. The Hall–Kier alpha value is -3.46. The van der Waals surface area contributed by atoms with E-state index in [1.54, 1.807) is 29.4 Å². The molecule has 2 aliphatic heterocycles. The maximum atomic E-state index is 13.2. The molecule has 0 aliphatic carbocycles. The molecule has 37 heavy (non-hydrogen) atoms. The third-order valence-corrected chi connectivity index (χ3v) is 6.80. The van der Waals surface area contributed by atoms with Crippen LogP contribution in [-0.2, 0) is 26.1 Å². The quantitative estimate of drug-likeness (QED) is 0.420. The highest BCUT2D eigenvalue weighted by molar-refractivity contribution is 6.03. The van der Waals surface area contributed by atoms with Crippen molar-refractivity contribution in [1.82, 2.24) is 20.5 Å². The first kappa shape index (κ1) is 26.6. The van der Waals surface area contributed by atoms with Crippen molar-refractivity contribution in [2.75, 3.05) is 13.2 Å². The summed E-state index contributed by atoms with van der Waals surface area (Å²) in [6.45, 7) is 3.87. The lowest BCUT2D eigenvalue weighted by atomic mass is 9.93. The fourth-order valence-corrected chi connectivity index (χ4v) is 4.88. The number of carbonyl (C=O) groups excluding carboxylic acids is 2. The number of pyridine rings is 1. The molecule has 0 unspecified atom stereocenters. The van der Waals surface area contributed by atoms with Crippen LogP contribution in [0.3, 0.4) is 0 Å². The first-order chi connectivity index (χ1) is 17.5. The molecule has 5 rings (SSSR count). The molecule has 0 spiro atoms. The highest BCUT2D eigenvalue weighted by atomic mass is 35.5. The molecule has 8 nitrogen and oxygen atoms in total. The molecule has 194 valence electrons. The van der Waals surface area contributed by atoms with E-state index in [-0.39, 0.29) is 36.8 Å². The number of aliphatic hydroxyl groups is 1. The van der Waals surface area contributed by atoms with Crippen molar-refractivity contribution >= 4 is 24.2 Å².